The zero-order valence-electron chi connectivity index (χ0n) is 12.1. The standard InChI is InChI=1S/C15H26N2O3/c16-9-4-2-1-3-8-13(18)17-10-11-6-5-7-12(11)14(17)15(19)20/h11-12,14H,1-10,16H2,(H,19,20). The molecule has 1 saturated carbocycles. The van der Waals surface area contributed by atoms with Gasteiger partial charge in [0.2, 0.25) is 5.91 Å². The Morgan fingerprint density at radius 3 is 2.60 bits per heavy atom. The fourth-order valence-electron chi connectivity index (χ4n) is 3.80. The third-order valence-corrected chi connectivity index (χ3v) is 4.81. The molecule has 5 nitrogen and oxygen atoms in total. The number of carbonyl (C=O) groups excluding carboxylic acids is 1. The summed E-state index contributed by atoms with van der Waals surface area (Å²) in [5.74, 6) is -0.193. The van der Waals surface area contributed by atoms with E-state index < -0.39 is 12.0 Å². The molecule has 3 unspecified atom stereocenters. The summed E-state index contributed by atoms with van der Waals surface area (Å²) < 4.78 is 0. The van der Waals surface area contributed by atoms with Crippen molar-refractivity contribution in [3.05, 3.63) is 0 Å². The molecular weight excluding hydrogens is 256 g/mol. The van der Waals surface area contributed by atoms with Crippen LogP contribution < -0.4 is 5.73 Å². The highest BCUT2D eigenvalue weighted by molar-refractivity contribution is 5.84. The molecule has 0 bridgehead atoms. The molecule has 2 aliphatic rings. The van der Waals surface area contributed by atoms with Gasteiger partial charge in [0.1, 0.15) is 6.04 Å². The van der Waals surface area contributed by atoms with Crippen LogP contribution in [0.25, 0.3) is 0 Å². The topological polar surface area (TPSA) is 83.6 Å². The molecule has 0 radical (unpaired) electrons. The van der Waals surface area contributed by atoms with Gasteiger partial charge in [0, 0.05) is 13.0 Å². The first-order valence-corrected chi connectivity index (χ1v) is 7.87. The van der Waals surface area contributed by atoms with Crippen LogP contribution in [0, 0.1) is 11.8 Å². The number of nitrogens with zero attached hydrogens (tertiary/aromatic N) is 1. The molecule has 3 atom stereocenters. The van der Waals surface area contributed by atoms with Crippen LogP contribution >= 0.6 is 0 Å². The second-order valence-electron chi connectivity index (χ2n) is 6.14. The number of carboxylic acid groups (broad SMARTS) is 1. The maximum atomic E-state index is 12.3. The molecule has 0 spiro atoms. The smallest absolute Gasteiger partial charge is 0.326 e. The van der Waals surface area contributed by atoms with E-state index in [9.17, 15) is 14.7 Å². The van der Waals surface area contributed by atoms with Gasteiger partial charge in [-0.15, -0.1) is 0 Å². The second kappa shape index (κ2) is 7.07. The largest absolute Gasteiger partial charge is 0.480 e. The predicted octanol–water partition coefficient (Wildman–Crippen LogP) is 1.61. The summed E-state index contributed by atoms with van der Waals surface area (Å²) in [5, 5.41) is 9.41. The zero-order valence-corrected chi connectivity index (χ0v) is 12.1. The van der Waals surface area contributed by atoms with Gasteiger partial charge in [-0.1, -0.05) is 19.3 Å². The van der Waals surface area contributed by atoms with Crippen LogP contribution in [0.15, 0.2) is 0 Å². The van der Waals surface area contributed by atoms with Crippen molar-refractivity contribution in [3.63, 3.8) is 0 Å². The Hall–Kier alpha value is -1.10. The first kappa shape index (κ1) is 15.3. The molecule has 3 N–H and O–H groups in total. The highest BCUT2D eigenvalue weighted by atomic mass is 16.4. The number of fused-ring (bicyclic) bond motifs is 1. The van der Waals surface area contributed by atoms with E-state index in [1.165, 1.54) is 0 Å². The zero-order chi connectivity index (χ0) is 14.5. The Morgan fingerprint density at radius 1 is 1.15 bits per heavy atom. The highest BCUT2D eigenvalue weighted by Gasteiger charge is 2.49. The fourth-order valence-corrected chi connectivity index (χ4v) is 3.80. The molecule has 1 aliphatic heterocycles. The Labute approximate surface area is 120 Å². The van der Waals surface area contributed by atoms with Crippen LogP contribution in [0.2, 0.25) is 0 Å². The summed E-state index contributed by atoms with van der Waals surface area (Å²) in [5.41, 5.74) is 5.43. The van der Waals surface area contributed by atoms with E-state index in [-0.39, 0.29) is 11.8 Å². The van der Waals surface area contributed by atoms with Crippen LogP contribution in [0.4, 0.5) is 0 Å². The molecule has 1 heterocycles. The van der Waals surface area contributed by atoms with Gasteiger partial charge >= 0.3 is 5.97 Å². The number of likely N-dealkylation sites (tertiary alicyclic amines) is 1. The Bertz CT molecular complexity index is 359. The maximum absolute atomic E-state index is 12.3. The lowest BCUT2D eigenvalue weighted by molar-refractivity contribution is -0.149. The Morgan fingerprint density at radius 2 is 1.90 bits per heavy atom. The molecule has 1 amide bonds. The van der Waals surface area contributed by atoms with Crippen LogP contribution in [0.5, 0.6) is 0 Å². The van der Waals surface area contributed by atoms with E-state index in [4.69, 9.17) is 5.73 Å². The molecule has 20 heavy (non-hydrogen) atoms. The van der Waals surface area contributed by atoms with E-state index in [0.29, 0.717) is 25.4 Å². The van der Waals surface area contributed by atoms with Gasteiger partial charge in [0.05, 0.1) is 0 Å². The number of nitrogens with two attached hydrogens (primary N) is 1. The molecule has 5 heteroatoms. The molecule has 1 saturated heterocycles. The van der Waals surface area contributed by atoms with Crippen molar-refractivity contribution in [2.24, 2.45) is 17.6 Å². The minimum atomic E-state index is -0.823. The van der Waals surface area contributed by atoms with Gasteiger partial charge in [-0.05, 0) is 44.1 Å². The number of unbranched alkanes of at least 4 members (excludes halogenated alkanes) is 3. The van der Waals surface area contributed by atoms with Gasteiger partial charge in [0.25, 0.3) is 0 Å². The van der Waals surface area contributed by atoms with Gasteiger partial charge in [-0.3, -0.25) is 4.79 Å². The number of hydrogen-bond acceptors (Lipinski definition) is 3. The van der Waals surface area contributed by atoms with Crippen molar-refractivity contribution in [2.75, 3.05) is 13.1 Å². The van der Waals surface area contributed by atoms with Crippen LogP contribution in [-0.4, -0.2) is 41.0 Å². The first-order chi connectivity index (χ1) is 9.65. The minimum Gasteiger partial charge on any atom is -0.480 e. The third-order valence-electron chi connectivity index (χ3n) is 4.81. The quantitative estimate of drug-likeness (QED) is 0.695. The number of carbonyl (C=O) groups is 2. The lowest BCUT2D eigenvalue weighted by Gasteiger charge is -2.24. The maximum Gasteiger partial charge on any atom is 0.326 e. The molecule has 0 aromatic heterocycles. The third kappa shape index (κ3) is 3.32. The summed E-state index contributed by atoms with van der Waals surface area (Å²) in [6.07, 6.45) is 7.53. The number of amides is 1. The van der Waals surface area contributed by atoms with E-state index in [2.05, 4.69) is 0 Å². The molecule has 0 aromatic carbocycles. The van der Waals surface area contributed by atoms with Crippen LogP contribution in [0.1, 0.15) is 51.4 Å². The highest BCUT2D eigenvalue weighted by Crippen LogP contribution is 2.42. The Balaban J connectivity index is 1.84. The molecule has 2 fully saturated rings. The monoisotopic (exact) mass is 282 g/mol. The van der Waals surface area contributed by atoms with E-state index >= 15 is 0 Å². The van der Waals surface area contributed by atoms with E-state index in [1.807, 2.05) is 0 Å². The van der Waals surface area contributed by atoms with Crippen LogP contribution in [0.3, 0.4) is 0 Å². The van der Waals surface area contributed by atoms with E-state index in [1.54, 1.807) is 4.90 Å². The lowest BCUT2D eigenvalue weighted by Crippen LogP contribution is -2.43. The number of hydrogen-bond donors (Lipinski definition) is 2. The number of aliphatic carboxylic acids is 1. The van der Waals surface area contributed by atoms with Crippen molar-refractivity contribution >= 4 is 11.9 Å². The summed E-state index contributed by atoms with van der Waals surface area (Å²) in [6, 6.07) is -0.570. The summed E-state index contributed by atoms with van der Waals surface area (Å²) in [4.78, 5) is 25.4. The number of carboxylic acids is 1. The number of rotatable bonds is 7. The molecule has 0 aromatic rings. The summed E-state index contributed by atoms with van der Waals surface area (Å²) in [7, 11) is 0. The van der Waals surface area contributed by atoms with Crippen molar-refractivity contribution < 1.29 is 14.7 Å². The predicted molar refractivity (Wildman–Crippen MR) is 76.1 cm³/mol. The van der Waals surface area contributed by atoms with E-state index in [0.717, 1.165) is 44.9 Å². The summed E-state index contributed by atoms with van der Waals surface area (Å²) >= 11 is 0. The van der Waals surface area contributed by atoms with Gasteiger partial charge in [-0.25, -0.2) is 4.79 Å². The van der Waals surface area contributed by atoms with Crippen molar-refractivity contribution in [3.8, 4) is 0 Å². The van der Waals surface area contributed by atoms with Crippen molar-refractivity contribution in [1.29, 1.82) is 0 Å². The average Bonchev–Trinajstić information content (AvgIpc) is 2.97. The Kier molecular flexibility index (Phi) is 5.40. The second-order valence-corrected chi connectivity index (χ2v) is 6.14. The lowest BCUT2D eigenvalue weighted by atomic mass is 9.94. The van der Waals surface area contributed by atoms with Gasteiger partial charge in [-0.2, -0.15) is 0 Å². The normalized spacial score (nSPS) is 28.6. The van der Waals surface area contributed by atoms with Gasteiger partial charge in [0.15, 0.2) is 0 Å². The molecule has 114 valence electrons. The van der Waals surface area contributed by atoms with Crippen molar-refractivity contribution in [2.45, 2.75) is 57.4 Å². The molecule has 2 rings (SSSR count). The summed E-state index contributed by atoms with van der Waals surface area (Å²) in [6.45, 7) is 1.35. The van der Waals surface area contributed by atoms with Gasteiger partial charge < -0.3 is 15.7 Å². The SMILES string of the molecule is NCCCCCCC(=O)N1CC2CCCC2C1C(=O)O. The molecule has 1 aliphatic carbocycles. The first-order valence-electron chi connectivity index (χ1n) is 7.87. The van der Waals surface area contributed by atoms with Crippen LogP contribution in [-0.2, 0) is 9.59 Å². The average molecular weight is 282 g/mol. The molecular formula is C15H26N2O3. The fraction of sp³-hybridized carbons (Fsp3) is 0.867. The minimum absolute atomic E-state index is 0.0274. The van der Waals surface area contributed by atoms with Crippen molar-refractivity contribution in [1.82, 2.24) is 4.90 Å².